The summed E-state index contributed by atoms with van der Waals surface area (Å²) in [5.74, 6) is 0. The normalized spacial score (nSPS) is 10.7. The van der Waals surface area contributed by atoms with Gasteiger partial charge in [0.2, 0.25) is 0 Å². The van der Waals surface area contributed by atoms with E-state index in [1.807, 2.05) is 7.05 Å². The van der Waals surface area contributed by atoms with Gasteiger partial charge in [0.1, 0.15) is 0 Å². The summed E-state index contributed by atoms with van der Waals surface area (Å²) in [4.78, 5) is 0. The Hall–Kier alpha value is -0.510. The van der Waals surface area contributed by atoms with E-state index in [9.17, 15) is 0 Å². The van der Waals surface area contributed by atoms with Crippen LogP contribution in [-0.2, 0) is 7.05 Å². The summed E-state index contributed by atoms with van der Waals surface area (Å²) in [5.41, 5.74) is 0. The number of aryl methyl sites for hydroxylation is 1. The molecule has 0 unspecified atom stereocenters. The second kappa shape index (κ2) is 2.52. The highest BCUT2D eigenvalue weighted by Crippen LogP contribution is 2.17. The minimum Gasteiger partial charge on any atom is -0.356 e. The topological polar surface area (TPSA) is 4.93 Å². The molecule has 2 heteroatoms. The lowest BCUT2D eigenvalue weighted by Gasteiger charge is -1.88. The predicted octanol–water partition coefficient (Wildman–Crippen LogP) is 2.78. The highest BCUT2D eigenvalue weighted by atomic mass is 127. The van der Waals surface area contributed by atoms with Crippen molar-refractivity contribution in [3.05, 3.63) is 34.2 Å². The molecule has 1 aromatic heterocycles. The van der Waals surface area contributed by atoms with Gasteiger partial charge in [-0.05, 0) is 40.1 Å². The molecule has 0 aliphatic heterocycles. The highest BCUT2D eigenvalue weighted by Gasteiger charge is 1.95. The van der Waals surface area contributed by atoms with E-state index in [0.29, 0.717) is 0 Å². The number of benzene rings is 1. The van der Waals surface area contributed by atoms with Gasteiger partial charge in [0, 0.05) is 28.4 Å². The van der Waals surface area contributed by atoms with Crippen LogP contribution in [0.15, 0.2) is 30.6 Å². The van der Waals surface area contributed by atoms with E-state index in [0.717, 1.165) is 0 Å². The summed E-state index contributed by atoms with van der Waals surface area (Å²) in [5, 5.41) is 2.63. The standard InChI is InChI=1S/C9H8IN/c1-11-5-7-2-3-9(10)4-8(7)6-11/h2-6H,1H3. The third kappa shape index (κ3) is 1.27. The van der Waals surface area contributed by atoms with Crippen LogP contribution in [0.3, 0.4) is 0 Å². The molecule has 0 aliphatic carbocycles. The fourth-order valence-electron chi connectivity index (χ4n) is 1.25. The third-order valence-corrected chi connectivity index (χ3v) is 2.41. The minimum atomic E-state index is 1.29. The van der Waals surface area contributed by atoms with Gasteiger partial charge in [-0.15, -0.1) is 0 Å². The molecule has 0 amide bonds. The van der Waals surface area contributed by atoms with Gasteiger partial charge in [0.05, 0.1) is 0 Å². The van der Waals surface area contributed by atoms with Crippen molar-refractivity contribution in [2.75, 3.05) is 0 Å². The molecule has 56 valence electrons. The van der Waals surface area contributed by atoms with Crippen LogP contribution in [0.4, 0.5) is 0 Å². The van der Waals surface area contributed by atoms with Gasteiger partial charge in [0.25, 0.3) is 0 Å². The molecule has 0 saturated heterocycles. The molecule has 1 heterocycles. The maximum Gasteiger partial charge on any atom is 0.0137 e. The maximum atomic E-state index is 2.33. The van der Waals surface area contributed by atoms with Gasteiger partial charge in [-0.25, -0.2) is 0 Å². The van der Waals surface area contributed by atoms with Crippen LogP contribution in [-0.4, -0.2) is 4.57 Å². The van der Waals surface area contributed by atoms with Gasteiger partial charge in [-0.3, -0.25) is 0 Å². The van der Waals surface area contributed by atoms with E-state index in [1.54, 1.807) is 0 Å². The summed E-state index contributed by atoms with van der Waals surface area (Å²) >= 11 is 2.33. The Bertz CT molecular complexity index is 389. The summed E-state index contributed by atoms with van der Waals surface area (Å²) in [6.45, 7) is 0. The largest absolute Gasteiger partial charge is 0.356 e. The summed E-state index contributed by atoms with van der Waals surface area (Å²) in [6, 6.07) is 6.47. The van der Waals surface area contributed by atoms with E-state index >= 15 is 0 Å². The molecule has 0 saturated carbocycles. The van der Waals surface area contributed by atoms with Gasteiger partial charge in [0.15, 0.2) is 0 Å². The van der Waals surface area contributed by atoms with Crippen molar-refractivity contribution in [1.82, 2.24) is 4.57 Å². The Morgan fingerprint density at radius 1 is 1.18 bits per heavy atom. The Morgan fingerprint density at radius 3 is 2.73 bits per heavy atom. The Morgan fingerprint density at radius 2 is 1.91 bits per heavy atom. The van der Waals surface area contributed by atoms with Crippen molar-refractivity contribution in [3.8, 4) is 0 Å². The molecule has 1 nitrogen and oxygen atoms in total. The fourth-order valence-corrected chi connectivity index (χ4v) is 1.77. The number of hydrogen-bond acceptors (Lipinski definition) is 0. The molecule has 1 aromatic carbocycles. The summed E-state index contributed by atoms with van der Waals surface area (Å²) < 4.78 is 3.38. The molecular weight excluding hydrogens is 249 g/mol. The first-order chi connectivity index (χ1) is 5.25. The molecular formula is C9H8IN. The van der Waals surface area contributed by atoms with Crippen LogP contribution in [0.1, 0.15) is 0 Å². The van der Waals surface area contributed by atoms with Crippen molar-refractivity contribution in [2.45, 2.75) is 0 Å². The van der Waals surface area contributed by atoms with Gasteiger partial charge >= 0.3 is 0 Å². The van der Waals surface area contributed by atoms with Crippen LogP contribution < -0.4 is 0 Å². The number of aromatic nitrogens is 1. The summed E-state index contributed by atoms with van der Waals surface area (Å²) in [7, 11) is 2.05. The lowest BCUT2D eigenvalue weighted by Crippen LogP contribution is -1.76. The first kappa shape index (κ1) is 7.16. The molecule has 2 aromatic rings. The Labute approximate surface area is 79.2 Å². The molecule has 0 bridgehead atoms. The summed E-state index contributed by atoms with van der Waals surface area (Å²) in [6.07, 6.45) is 4.27. The third-order valence-electron chi connectivity index (χ3n) is 1.73. The SMILES string of the molecule is Cn1cc2ccc(I)cc2c1. The molecule has 0 radical (unpaired) electrons. The van der Waals surface area contributed by atoms with Gasteiger partial charge in [-0.2, -0.15) is 0 Å². The van der Waals surface area contributed by atoms with Crippen molar-refractivity contribution in [2.24, 2.45) is 7.05 Å². The Kier molecular flexibility index (Phi) is 1.64. The Balaban J connectivity index is 2.82. The van der Waals surface area contributed by atoms with E-state index in [2.05, 4.69) is 57.8 Å². The van der Waals surface area contributed by atoms with Crippen LogP contribution in [0, 0.1) is 3.57 Å². The fraction of sp³-hybridized carbons (Fsp3) is 0.111. The van der Waals surface area contributed by atoms with Crippen LogP contribution >= 0.6 is 22.6 Å². The average Bonchev–Trinajstić information content (AvgIpc) is 2.27. The number of rotatable bonds is 0. The molecule has 0 atom stereocenters. The van der Waals surface area contributed by atoms with Crippen LogP contribution in [0.2, 0.25) is 0 Å². The zero-order valence-corrected chi connectivity index (χ0v) is 8.37. The molecule has 2 rings (SSSR count). The highest BCUT2D eigenvalue weighted by molar-refractivity contribution is 14.1. The van der Waals surface area contributed by atoms with Crippen molar-refractivity contribution in [1.29, 1.82) is 0 Å². The van der Waals surface area contributed by atoms with Crippen LogP contribution in [0.25, 0.3) is 10.8 Å². The van der Waals surface area contributed by atoms with Crippen LogP contribution in [0.5, 0.6) is 0 Å². The molecule has 0 N–H and O–H groups in total. The lowest BCUT2D eigenvalue weighted by atomic mass is 10.2. The smallest absolute Gasteiger partial charge is 0.0137 e. The first-order valence-electron chi connectivity index (χ1n) is 3.47. The van der Waals surface area contributed by atoms with E-state index in [-0.39, 0.29) is 0 Å². The zero-order valence-electron chi connectivity index (χ0n) is 6.21. The van der Waals surface area contributed by atoms with E-state index in [4.69, 9.17) is 0 Å². The quantitative estimate of drug-likeness (QED) is 0.639. The van der Waals surface area contributed by atoms with Crippen molar-refractivity contribution in [3.63, 3.8) is 0 Å². The second-order valence-corrected chi connectivity index (χ2v) is 3.94. The molecule has 0 fully saturated rings. The molecule has 11 heavy (non-hydrogen) atoms. The zero-order chi connectivity index (χ0) is 7.84. The second-order valence-electron chi connectivity index (χ2n) is 2.70. The number of nitrogens with zero attached hydrogens (tertiary/aromatic N) is 1. The average molecular weight is 257 g/mol. The van der Waals surface area contributed by atoms with E-state index in [1.165, 1.54) is 14.3 Å². The maximum absolute atomic E-state index is 2.33. The predicted molar refractivity (Wildman–Crippen MR) is 55.6 cm³/mol. The number of hydrogen-bond donors (Lipinski definition) is 0. The molecule has 0 aliphatic rings. The van der Waals surface area contributed by atoms with Gasteiger partial charge in [-0.1, -0.05) is 6.07 Å². The number of fused-ring (bicyclic) bond motifs is 1. The van der Waals surface area contributed by atoms with Gasteiger partial charge < -0.3 is 4.57 Å². The first-order valence-corrected chi connectivity index (χ1v) is 4.55. The van der Waals surface area contributed by atoms with Crippen molar-refractivity contribution < 1.29 is 0 Å². The van der Waals surface area contributed by atoms with Crippen molar-refractivity contribution >= 4 is 33.4 Å². The number of halogens is 1. The molecule has 0 spiro atoms. The minimum absolute atomic E-state index is 1.29. The van der Waals surface area contributed by atoms with E-state index < -0.39 is 0 Å². The monoisotopic (exact) mass is 257 g/mol. The lowest BCUT2D eigenvalue weighted by molar-refractivity contribution is 0.933.